The Morgan fingerprint density at radius 1 is 1.25 bits per heavy atom. The molecule has 0 saturated heterocycles. The van der Waals surface area contributed by atoms with Crippen LogP contribution in [0.5, 0.6) is 0 Å². The molecule has 6 heteroatoms. The van der Waals surface area contributed by atoms with E-state index in [1.807, 2.05) is 42.8 Å². The molecule has 1 aromatic carbocycles. The SMILES string of the molecule is C/C(=N\n1cnnc1C)c1cccc(-n2ccnc2)c1. The van der Waals surface area contributed by atoms with E-state index in [0.717, 1.165) is 22.8 Å². The second-order valence-electron chi connectivity index (χ2n) is 4.43. The minimum atomic E-state index is 0.759. The first-order valence-electron chi connectivity index (χ1n) is 6.25. The van der Waals surface area contributed by atoms with Gasteiger partial charge in [-0.05, 0) is 31.5 Å². The highest BCUT2D eigenvalue weighted by molar-refractivity contribution is 5.99. The van der Waals surface area contributed by atoms with Gasteiger partial charge in [0, 0.05) is 18.1 Å². The highest BCUT2D eigenvalue weighted by Crippen LogP contribution is 2.11. The van der Waals surface area contributed by atoms with Crippen molar-refractivity contribution in [2.24, 2.45) is 5.10 Å². The van der Waals surface area contributed by atoms with Crippen LogP contribution in [0.1, 0.15) is 18.3 Å². The van der Waals surface area contributed by atoms with Crippen LogP contribution in [0, 0.1) is 6.92 Å². The Labute approximate surface area is 116 Å². The van der Waals surface area contributed by atoms with E-state index < -0.39 is 0 Å². The zero-order chi connectivity index (χ0) is 13.9. The Kier molecular flexibility index (Phi) is 3.12. The summed E-state index contributed by atoms with van der Waals surface area (Å²) in [5.41, 5.74) is 2.99. The number of nitrogens with zero attached hydrogens (tertiary/aromatic N) is 6. The Balaban J connectivity index is 1.97. The molecule has 0 aliphatic carbocycles. The number of benzene rings is 1. The van der Waals surface area contributed by atoms with Crippen LogP contribution in [-0.2, 0) is 0 Å². The largest absolute Gasteiger partial charge is 0.306 e. The Hall–Kier alpha value is -2.76. The van der Waals surface area contributed by atoms with Crippen molar-refractivity contribution in [3.8, 4) is 5.69 Å². The first-order valence-corrected chi connectivity index (χ1v) is 6.25. The van der Waals surface area contributed by atoms with Gasteiger partial charge in [0.15, 0.2) is 5.82 Å². The summed E-state index contributed by atoms with van der Waals surface area (Å²) in [6.07, 6.45) is 7.04. The smallest absolute Gasteiger partial charge is 0.151 e. The third-order valence-electron chi connectivity index (χ3n) is 3.02. The van der Waals surface area contributed by atoms with Crippen LogP contribution in [0.2, 0.25) is 0 Å². The Morgan fingerprint density at radius 3 is 2.85 bits per heavy atom. The maximum Gasteiger partial charge on any atom is 0.151 e. The van der Waals surface area contributed by atoms with Crippen LogP contribution < -0.4 is 0 Å². The van der Waals surface area contributed by atoms with Crippen LogP contribution in [0.3, 0.4) is 0 Å². The molecule has 3 aromatic rings. The van der Waals surface area contributed by atoms with Gasteiger partial charge in [-0.25, -0.2) is 9.66 Å². The van der Waals surface area contributed by atoms with E-state index in [9.17, 15) is 0 Å². The van der Waals surface area contributed by atoms with E-state index in [1.165, 1.54) is 0 Å². The van der Waals surface area contributed by atoms with Gasteiger partial charge in [0.05, 0.1) is 12.0 Å². The molecule has 0 saturated carbocycles. The third-order valence-corrected chi connectivity index (χ3v) is 3.02. The van der Waals surface area contributed by atoms with Gasteiger partial charge in [-0.3, -0.25) is 0 Å². The predicted molar refractivity (Wildman–Crippen MR) is 75.9 cm³/mol. The topological polar surface area (TPSA) is 60.9 Å². The first kappa shape index (κ1) is 12.3. The van der Waals surface area contributed by atoms with Crippen LogP contribution in [-0.4, -0.2) is 30.1 Å². The summed E-state index contributed by atoms with van der Waals surface area (Å²) < 4.78 is 3.63. The van der Waals surface area contributed by atoms with E-state index in [1.54, 1.807) is 23.5 Å². The summed E-state index contributed by atoms with van der Waals surface area (Å²) in [5.74, 6) is 0.759. The molecule has 0 atom stereocenters. The van der Waals surface area contributed by atoms with Gasteiger partial charge in [-0.1, -0.05) is 12.1 Å². The second kappa shape index (κ2) is 5.08. The summed E-state index contributed by atoms with van der Waals surface area (Å²) >= 11 is 0. The van der Waals surface area contributed by atoms with Crippen molar-refractivity contribution in [3.05, 3.63) is 60.7 Å². The van der Waals surface area contributed by atoms with E-state index in [-0.39, 0.29) is 0 Å². The first-order chi connectivity index (χ1) is 9.74. The molecule has 0 spiro atoms. The third kappa shape index (κ3) is 2.35. The van der Waals surface area contributed by atoms with E-state index in [4.69, 9.17) is 0 Å². The summed E-state index contributed by atoms with van der Waals surface area (Å²) in [4.78, 5) is 4.06. The second-order valence-corrected chi connectivity index (χ2v) is 4.43. The molecule has 0 unspecified atom stereocenters. The Bertz CT molecular complexity index is 739. The lowest BCUT2D eigenvalue weighted by Gasteiger charge is -2.06. The fourth-order valence-corrected chi connectivity index (χ4v) is 1.91. The van der Waals surface area contributed by atoms with Crippen LogP contribution >= 0.6 is 0 Å². The molecule has 20 heavy (non-hydrogen) atoms. The van der Waals surface area contributed by atoms with Crippen LogP contribution in [0.4, 0.5) is 0 Å². The molecule has 0 aliphatic heterocycles. The van der Waals surface area contributed by atoms with Gasteiger partial charge in [-0.15, -0.1) is 10.2 Å². The average Bonchev–Trinajstić information content (AvgIpc) is 3.12. The molecule has 3 rings (SSSR count). The van der Waals surface area contributed by atoms with Crippen LogP contribution in [0.25, 0.3) is 5.69 Å². The van der Waals surface area contributed by atoms with E-state index in [2.05, 4.69) is 26.3 Å². The van der Waals surface area contributed by atoms with Gasteiger partial charge in [0.25, 0.3) is 0 Å². The molecule has 2 aromatic heterocycles. The molecular weight excluding hydrogens is 252 g/mol. The van der Waals surface area contributed by atoms with Crippen molar-refractivity contribution in [2.45, 2.75) is 13.8 Å². The highest BCUT2D eigenvalue weighted by atomic mass is 15.4. The van der Waals surface area contributed by atoms with Gasteiger partial charge in [0.1, 0.15) is 6.33 Å². The van der Waals surface area contributed by atoms with E-state index in [0.29, 0.717) is 0 Å². The van der Waals surface area contributed by atoms with Gasteiger partial charge in [-0.2, -0.15) is 5.10 Å². The molecule has 100 valence electrons. The zero-order valence-corrected chi connectivity index (χ0v) is 11.3. The van der Waals surface area contributed by atoms with Gasteiger partial charge >= 0.3 is 0 Å². The fraction of sp³-hybridized carbons (Fsp3) is 0.143. The van der Waals surface area contributed by atoms with Crippen molar-refractivity contribution in [2.75, 3.05) is 0 Å². The molecule has 0 N–H and O–H groups in total. The quantitative estimate of drug-likeness (QED) is 0.682. The number of rotatable bonds is 3. The van der Waals surface area contributed by atoms with Crippen molar-refractivity contribution in [1.82, 2.24) is 24.4 Å². The zero-order valence-electron chi connectivity index (χ0n) is 11.3. The molecule has 0 aliphatic rings. The Morgan fingerprint density at radius 2 is 2.15 bits per heavy atom. The van der Waals surface area contributed by atoms with Crippen molar-refractivity contribution in [3.63, 3.8) is 0 Å². The molecule has 6 nitrogen and oxygen atoms in total. The lowest BCUT2D eigenvalue weighted by Crippen LogP contribution is -2.01. The molecule has 2 heterocycles. The van der Waals surface area contributed by atoms with Gasteiger partial charge in [0.2, 0.25) is 0 Å². The van der Waals surface area contributed by atoms with E-state index >= 15 is 0 Å². The fourth-order valence-electron chi connectivity index (χ4n) is 1.91. The lowest BCUT2D eigenvalue weighted by molar-refractivity contribution is 0.826. The maximum atomic E-state index is 4.49. The number of imidazole rings is 1. The molecule has 0 radical (unpaired) electrons. The van der Waals surface area contributed by atoms with Crippen LogP contribution in [0.15, 0.2) is 54.4 Å². The molecule has 0 fully saturated rings. The normalized spacial score (nSPS) is 11.8. The summed E-state index contributed by atoms with van der Waals surface area (Å²) in [7, 11) is 0. The van der Waals surface area contributed by atoms with Crippen molar-refractivity contribution >= 4 is 5.71 Å². The summed E-state index contributed by atoms with van der Waals surface area (Å²) in [5, 5.41) is 12.2. The predicted octanol–water partition coefficient (Wildman–Crippen LogP) is 2.04. The number of hydrogen-bond donors (Lipinski definition) is 0. The minimum Gasteiger partial charge on any atom is -0.306 e. The molecular formula is C14H14N6. The number of hydrogen-bond acceptors (Lipinski definition) is 4. The number of aromatic nitrogens is 5. The summed E-state index contributed by atoms with van der Waals surface area (Å²) in [6.45, 7) is 3.83. The van der Waals surface area contributed by atoms with Crippen molar-refractivity contribution < 1.29 is 0 Å². The lowest BCUT2D eigenvalue weighted by atomic mass is 10.1. The minimum absolute atomic E-state index is 0.759. The van der Waals surface area contributed by atoms with Gasteiger partial charge < -0.3 is 4.57 Å². The highest BCUT2D eigenvalue weighted by Gasteiger charge is 2.03. The molecule has 0 bridgehead atoms. The maximum absolute atomic E-state index is 4.49. The van der Waals surface area contributed by atoms with Crippen molar-refractivity contribution in [1.29, 1.82) is 0 Å². The molecule has 0 amide bonds. The average molecular weight is 266 g/mol. The summed E-state index contributed by atoms with van der Waals surface area (Å²) in [6, 6.07) is 8.13. The standard InChI is InChI=1S/C14H14N6/c1-11(18-20-10-16-17-12(20)2)13-4-3-5-14(8-13)19-7-6-15-9-19/h3-10H,1-2H3/b18-11+. The number of aryl methyl sites for hydroxylation is 1. The monoisotopic (exact) mass is 266 g/mol.